The van der Waals surface area contributed by atoms with Crippen molar-refractivity contribution in [1.82, 2.24) is 4.90 Å². The van der Waals surface area contributed by atoms with Gasteiger partial charge in [0, 0.05) is 13.1 Å². The number of rotatable bonds is 5. The number of carbonyl (C=O) groups is 1. The second-order valence-corrected chi connectivity index (χ2v) is 5.05. The lowest BCUT2D eigenvalue weighted by molar-refractivity contribution is 0.0751. The third-order valence-electron chi connectivity index (χ3n) is 2.71. The number of ether oxygens (including phenoxy) is 1. The molecule has 1 aromatic carbocycles. The van der Waals surface area contributed by atoms with Crippen LogP contribution >= 0.6 is 11.9 Å². The zero-order valence-corrected chi connectivity index (χ0v) is 11.5. The highest BCUT2D eigenvalue weighted by Gasteiger charge is 2.35. The lowest BCUT2D eigenvalue weighted by atomic mass is 10.3. The first-order valence-electron chi connectivity index (χ1n) is 5.98. The van der Waals surface area contributed by atoms with Gasteiger partial charge in [-0.2, -0.15) is 0 Å². The molecule has 7 heteroatoms. The molecule has 3 N–H and O–H groups in total. The fourth-order valence-corrected chi connectivity index (χ4v) is 2.46. The Kier molecular flexibility index (Phi) is 4.52. The number of carbonyl (C=O) groups excluding carboxylic acids is 1. The van der Waals surface area contributed by atoms with Crippen molar-refractivity contribution < 1.29 is 14.6 Å². The first-order chi connectivity index (χ1) is 9.13. The third kappa shape index (κ3) is 3.12. The fourth-order valence-electron chi connectivity index (χ4n) is 1.62. The van der Waals surface area contributed by atoms with Gasteiger partial charge in [0.25, 0.3) is 0 Å². The molecule has 0 spiro atoms. The molecule has 2 rings (SSSR count). The smallest absolute Gasteiger partial charge is 0.305 e. The number of hydrogen-bond acceptors (Lipinski definition) is 6. The Morgan fingerprint density at radius 1 is 1.53 bits per heavy atom. The summed E-state index contributed by atoms with van der Waals surface area (Å²) in [7, 11) is 1.56. The summed E-state index contributed by atoms with van der Waals surface area (Å²) in [6.07, 6.45) is -0.177. The summed E-state index contributed by atoms with van der Waals surface area (Å²) >= 11 is 0.967. The summed E-state index contributed by atoms with van der Waals surface area (Å²) in [4.78, 5) is 12.8. The van der Waals surface area contributed by atoms with Crippen molar-refractivity contribution >= 4 is 22.9 Å². The molecule has 1 unspecified atom stereocenters. The van der Waals surface area contributed by atoms with Crippen molar-refractivity contribution in [2.45, 2.75) is 12.8 Å². The number of aliphatic hydroxyl groups excluding tert-OH is 1. The molecule has 1 amide bonds. The van der Waals surface area contributed by atoms with Crippen LogP contribution in [0.1, 0.15) is 6.42 Å². The van der Waals surface area contributed by atoms with Gasteiger partial charge in [-0.25, -0.2) is 0 Å². The Morgan fingerprint density at radius 2 is 2.32 bits per heavy atom. The van der Waals surface area contributed by atoms with Gasteiger partial charge in [0.2, 0.25) is 6.35 Å². The number of aliphatic hydroxyl groups is 1. The molecule has 0 aliphatic carbocycles. The molecular formula is C12H17N3O3S. The van der Waals surface area contributed by atoms with Gasteiger partial charge in [-0.3, -0.25) is 14.0 Å². The predicted molar refractivity (Wildman–Crippen MR) is 74.8 cm³/mol. The average Bonchev–Trinajstić information content (AvgIpc) is 2.67. The highest BCUT2D eigenvalue weighted by Crippen LogP contribution is 2.34. The maximum absolute atomic E-state index is 11.5. The number of nitrogens with zero attached hydrogens (tertiary/aromatic N) is 2. The monoisotopic (exact) mass is 283 g/mol. The van der Waals surface area contributed by atoms with E-state index in [4.69, 9.17) is 10.5 Å². The van der Waals surface area contributed by atoms with Gasteiger partial charge in [-0.15, -0.1) is 0 Å². The maximum atomic E-state index is 11.5. The minimum absolute atomic E-state index is 0.193. The van der Waals surface area contributed by atoms with Crippen LogP contribution in [0.25, 0.3) is 0 Å². The Labute approximate surface area is 116 Å². The Bertz CT molecular complexity index is 458. The molecular weight excluding hydrogens is 266 g/mol. The molecule has 1 heterocycles. The van der Waals surface area contributed by atoms with Gasteiger partial charge >= 0.3 is 5.24 Å². The highest BCUT2D eigenvalue weighted by molar-refractivity contribution is 8.15. The van der Waals surface area contributed by atoms with Crippen LogP contribution in [-0.2, 0) is 0 Å². The standard InChI is InChI=1S/C12H17N3O3S/c1-14-11(16)15(19-12(14)17)9-4-2-5-10(8-9)18-7-3-6-13/h2,4-5,8,11,16H,3,6-7,13H2,1H3. The van der Waals surface area contributed by atoms with E-state index in [0.29, 0.717) is 18.9 Å². The Hall–Kier alpha value is -1.44. The van der Waals surface area contributed by atoms with Crippen molar-refractivity contribution in [2.75, 3.05) is 24.5 Å². The lowest BCUT2D eigenvalue weighted by Crippen LogP contribution is -2.35. The number of benzene rings is 1. The van der Waals surface area contributed by atoms with Crippen LogP contribution < -0.4 is 14.8 Å². The number of amides is 1. The molecule has 104 valence electrons. The van der Waals surface area contributed by atoms with Crippen LogP contribution in [0.2, 0.25) is 0 Å². The van der Waals surface area contributed by atoms with Crippen LogP contribution in [0, 0.1) is 0 Å². The van der Waals surface area contributed by atoms with Gasteiger partial charge in [0.15, 0.2) is 0 Å². The summed E-state index contributed by atoms with van der Waals surface area (Å²) in [6, 6.07) is 7.26. The molecule has 0 aromatic heterocycles. The Morgan fingerprint density at radius 3 is 2.95 bits per heavy atom. The second-order valence-electron chi connectivity index (χ2n) is 4.13. The van der Waals surface area contributed by atoms with Crippen LogP contribution in [-0.4, -0.2) is 41.8 Å². The van der Waals surface area contributed by atoms with Crippen molar-refractivity contribution in [1.29, 1.82) is 0 Å². The summed E-state index contributed by atoms with van der Waals surface area (Å²) in [5.41, 5.74) is 6.13. The van der Waals surface area contributed by atoms with Crippen LogP contribution in [0.4, 0.5) is 10.5 Å². The Balaban J connectivity index is 2.08. The first kappa shape index (κ1) is 14.0. The summed E-state index contributed by atoms with van der Waals surface area (Å²) in [5, 5.41) is 9.75. The molecule has 0 saturated carbocycles. The minimum atomic E-state index is -0.961. The maximum Gasteiger partial charge on any atom is 0.305 e. The van der Waals surface area contributed by atoms with E-state index in [-0.39, 0.29) is 5.24 Å². The van der Waals surface area contributed by atoms with E-state index in [1.54, 1.807) is 13.1 Å². The third-order valence-corrected chi connectivity index (χ3v) is 3.75. The van der Waals surface area contributed by atoms with E-state index in [1.165, 1.54) is 9.21 Å². The summed E-state index contributed by atoms with van der Waals surface area (Å²) < 4.78 is 7.08. The lowest BCUT2D eigenvalue weighted by Gasteiger charge is -2.22. The van der Waals surface area contributed by atoms with Crippen molar-refractivity contribution in [2.24, 2.45) is 5.73 Å². The minimum Gasteiger partial charge on any atom is -0.493 e. The molecule has 1 atom stereocenters. The largest absolute Gasteiger partial charge is 0.493 e. The molecule has 1 saturated heterocycles. The number of nitrogens with two attached hydrogens (primary N) is 1. The molecule has 6 nitrogen and oxygen atoms in total. The van der Waals surface area contributed by atoms with Gasteiger partial charge in [-0.05, 0) is 25.1 Å². The van der Waals surface area contributed by atoms with Gasteiger partial charge in [0.05, 0.1) is 24.2 Å². The second kappa shape index (κ2) is 6.14. The first-order valence-corrected chi connectivity index (χ1v) is 6.76. The quantitative estimate of drug-likeness (QED) is 0.624. The summed E-state index contributed by atoms with van der Waals surface area (Å²) in [5.74, 6) is 0.695. The fraction of sp³-hybridized carbons (Fsp3) is 0.417. The van der Waals surface area contributed by atoms with Gasteiger partial charge in [0.1, 0.15) is 5.75 Å². The normalized spacial score (nSPS) is 19.1. The topological polar surface area (TPSA) is 79.0 Å². The van der Waals surface area contributed by atoms with Gasteiger partial charge in [-0.1, -0.05) is 6.07 Å². The molecule has 1 aromatic rings. The molecule has 1 aliphatic rings. The number of anilines is 1. The molecule has 1 aliphatic heterocycles. The average molecular weight is 283 g/mol. The van der Waals surface area contributed by atoms with Crippen molar-refractivity contribution in [3.8, 4) is 5.75 Å². The van der Waals surface area contributed by atoms with Crippen molar-refractivity contribution in [3.05, 3.63) is 24.3 Å². The van der Waals surface area contributed by atoms with Crippen LogP contribution in [0.5, 0.6) is 5.75 Å². The molecule has 0 radical (unpaired) electrons. The van der Waals surface area contributed by atoms with E-state index in [0.717, 1.165) is 24.1 Å². The molecule has 19 heavy (non-hydrogen) atoms. The zero-order chi connectivity index (χ0) is 13.8. The van der Waals surface area contributed by atoms with Gasteiger partial charge < -0.3 is 15.6 Å². The number of hydrogen-bond donors (Lipinski definition) is 2. The van der Waals surface area contributed by atoms with E-state index in [2.05, 4.69) is 0 Å². The molecule has 0 bridgehead atoms. The molecule has 1 fully saturated rings. The SMILES string of the molecule is CN1C(=O)SN(c2cccc(OCCCN)c2)C1O. The zero-order valence-electron chi connectivity index (χ0n) is 10.7. The van der Waals surface area contributed by atoms with Crippen LogP contribution in [0.3, 0.4) is 0 Å². The van der Waals surface area contributed by atoms with E-state index in [1.807, 2.05) is 18.2 Å². The van der Waals surface area contributed by atoms with E-state index >= 15 is 0 Å². The van der Waals surface area contributed by atoms with E-state index in [9.17, 15) is 9.90 Å². The summed E-state index contributed by atoms with van der Waals surface area (Å²) in [6.45, 7) is 1.13. The van der Waals surface area contributed by atoms with Crippen molar-refractivity contribution in [3.63, 3.8) is 0 Å². The highest BCUT2D eigenvalue weighted by atomic mass is 32.2. The van der Waals surface area contributed by atoms with Crippen LogP contribution in [0.15, 0.2) is 24.3 Å². The predicted octanol–water partition coefficient (Wildman–Crippen LogP) is 1.21. The van der Waals surface area contributed by atoms with E-state index < -0.39 is 6.35 Å².